The lowest BCUT2D eigenvalue weighted by molar-refractivity contribution is -0.299. The number of hydrogen-bond donors (Lipinski definition) is 3. The molecule has 8 heteroatoms. The van der Waals surface area contributed by atoms with Crippen molar-refractivity contribution in [1.82, 2.24) is 4.90 Å². The molecule has 2 aliphatic rings. The van der Waals surface area contributed by atoms with Crippen LogP contribution < -0.4 is 5.11 Å². The first kappa shape index (κ1) is 19.1. The van der Waals surface area contributed by atoms with Crippen molar-refractivity contribution in [1.29, 1.82) is 0 Å². The van der Waals surface area contributed by atoms with Crippen LogP contribution in [0.25, 0.3) is 6.08 Å². The summed E-state index contributed by atoms with van der Waals surface area (Å²) in [5, 5.41) is 53.6. The van der Waals surface area contributed by atoms with Crippen molar-refractivity contribution in [2.45, 2.75) is 25.7 Å². The normalized spacial score (nSPS) is 20.3. The fourth-order valence-electron chi connectivity index (χ4n) is 3.47. The minimum absolute atomic E-state index is 0.181. The van der Waals surface area contributed by atoms with Gasteiger partial charge in [-0.1, -0.05) is 5.76 Å². The smallest absolute Gasteiger partial charge is 0.207 e. The molecule has 0 saturated heterocycles. The maximum atomic E-state index is 13.0. The van der Waals surface area contributed by atoms with E-state index in [1.165, 1.54) is 23.3 Å². The van der Waals surface area contributed by atoms with E-state index in [2.05, 4.69) is 0 Å². The van der Waals surface area contributed by atoms with E-state index in [0.29, 0.717) is 34.2 Å². The number of nitrogens with zero attached hydrogens (tertiary/aromatic N) is 1. The summed E-state index contributed by atoms with van der Waals surface area (Å²) in [6.07, 6.45) is 4.51. The number of allylic oxidation sites excluding steroid dienone is 2. The van der Waals surface area contributed by atoms with Crippen LogP contribution in [0.5, 0.6) is 0 Å². The maximum Gasteiger partial charge on any atom is 0.207 e. The van der Waals surface area contributed by atoms with Gasteiger partial charge in [-0.05, 0) is 48.2 Å². The molecule has 151 valence electrons. The van der Waals surface area contributed by atoms with E-state index in [4.69, 9.17) is 19.0 Å². The van der Waals surface area contributed by atoms with Gasteiger partial charge in [-0.25, -0.2) is 0 Å². The number of aliphatic hydroxyl groups is 3. The second-order valence-corrected chi connectivity index (χ2v) is 6.75. The molecule has 0 bridgehead atoms. The number of aliphatic hydroxyl groups excluding tert-OH is 3. The summed E-state index contributed by atoms with van der Waals surface area (Å²) >= 11 is 0. The number of hydrogen-bond acceptors (Lipinski definition) is 7. The molecule has 2 aromatic heterocycles. The Bertz CT molecular complexity index is 1040. The van der Waals surface area contributed by atoms with E-state index in [9.17, 15) is 15.3 Å². The first-order chi connectivity index (χ1) is 14.0. The highest BCUT2D eigenvalue weighted by molar-refractivity contribution is 5.62. The van der Waals surface area contributed by atoms with Crippen molar-refractivity contribution >= 4 is 6.08 Å². The number of fused-ring (bicyclic) bond motifs is 1. The average Bonchev–Trinajstić information content (AvgIpc) is 3.42. The van der Waals surface area contributed by atoms with Gasteiger partial charge >= 0.3 is 0 Å². The third-order valence-corrected chi connectivity index (χ3v) is 4.90. The second-order valence-electron chi connectivity index (χ2n) is 6.75. The molecule has 4 heterocycles. The third-order valence-electron chi connectivity index (χ3n) is 4.90. The van der Waals surface area contributed by atoms with Crippen LogP contribution in [0.2, 0.25) is 0 Å². The summed E-state index contributed by atoms with van der Waals surface area (Å²) in [6.45, 7) is -0.858. The highest BCUT2D eigenvalue weighted by Gasteiger charge is 2.37. The Hall–Kier alpha value is -3.20. The van der Waals surface area contributed by atoms with E-state index in [-0.39, 0.29) is 43.5 Å². The lowest BCUT2D eigenvalue weighted by Gasteiger charge is -2.31. The van der Waals surface area contributed by atoms with Gasteiger partial charge in [-0.15, -0.1) is 0 Å². The summed E-state index contributed by atoms with van der Waals surface area (Å²) < 4.78 is 10.8. The van der Waals surface area contributed by atoms with Crippen molar-refractivity contribution in [2.24, 2.45) is 0 Å². The molecule has 0 amide bonds. The van der Waals surface area contributed by atoms with Crippen LogP contribution in [0.3, 0.4) is 0 Å². The molecule has 0 saturated carbocycles. The zero-order chi connectivity index (χ0) is 20.5. The average molecular weight is 397 g/mol. The molecular weight excluding hydrogens is 378 g/mol. The van der Waals surface area contributed by atoms with Crippen LogP contribution in [0.1, 0.15) is 23.0 Å². The largest absolute Gasteiger partial charge is 0.871 e. The Morgan fingerprint density at radius 1 is 1.03 bits per heavy atom. The van der Waals surface area contributed by atoms with Gasteiger partial charge in [-0.2, -0.15) is 0 Å². The molecule has 0 aromatic carbocycles. The molecule has 3 N–H and O–H groups in total. The van der Waals surface area contributed by atoms with Gasteiger partial charge < -0.3 is 34.2 Å². The van der Waals surface area contributed by atoms with Crippen molar-refractivity contribution < 1.29 is 34.4 Å². The lowest BCUT2D eigenvalue weighted by atomic mass is 10.0. The van der Waals surface area contributed by atoms with E-state index in [1.54, 1.807) is 24.3 Å². The third kappa shape index (κ3) is 3.49. The van der Waals surface area contributed by atoms with E-state index < -0.39 is 6.04 Å². The van der Waals surface area contributed by atoms with Crippen molar-refractivity contribution in [3.8, 4) is 0 Å². The zero-order valence-corrected chi connectivity index (χ0v) is 15.4. The highest BCUT2D eigenvalue weighted by atomic mass is 16.4. The van der Waals surface area contributed by atoms with Crippen LogP contribution in [0.15, 0.2) is 73.7 Å². The molecule has 1 radical (unpaired) electrons. The van der Waals surface area contributed by atoms with Gasteiger partial charge in [0.25, 0.3) is 0 Å². The Morgan fingerprint density at radius 2 is 1.72 bits per heavy atom. The number of rotatable bonds is 6. The topological polar surface area (TPSA) is 133 Å². The summed E-state index contributed by atoms with van der Waals surface area (Å²) in [4.78, 5) is 1.47. The zero-order valence-electron chi connectivity index (χ0n) is 15.4. The van der Waals surface area contributed by atoms with Gasteiger partial charge in [0.15, 0.2) is 0 Å². The van der Waals surface area contributed by atoms with Crippen LogP contribution in [0.4, 0.5) is 0 Å². The molecule has 8 nitrogen and oxygen atoms in total. The van der Waals surface area contributed by atoms with E-state index in [1.807, 2.05) is 0 Å². The van der Waals surface area contributed by atoms with Gasteiger partial charge in [0.2, 0.25) is 5.76 Å². The fraction of sp³-hybridized carbons (Fsp3) is 0.238. The van der Waals surface area contributed by atoms with Crippen LogP contribution >= 0.6 is 0 Å². The van der Waals surface area contributed by atoms with Gasteiger partial charge in [0, 0.05) is 12.0 Å². The van der Waals surface area contributed by atoms with E-state index >= 15 is 0 Å². The Balaban J connectivity index is 1.68. The number of furan rings is 2. The predicted octanol–water partition coefficient (Wildman–Crippen LogP) is 0.944. The minimum Gasteiger partial charge on any atom is -0.871 e. The first-order valence-electron chi connectivity index (χ1n) is 9.04. The molecule has 0 fully saturated rings. The summed E-state index contributed by atoms with van der Waals surface area (Å²) in [5.41, 5.74) is 0.957. The molecule has 29 heavy (non-hydrogen) atoms. The fourth-order valence-corrected chi connectivity index (χ4v) is 3.47. The molecule has 0 aliphatic carbocycles. The Morgan fingerprint density at radius 3 is 2.38 bits per heavy atom. The van der Waals surface area contributed by atoms with Crippen molar-refractivity contribution in [2.75, 3.05) is 6.61 Å². The minimum atomic E-state index is -0.702. The van der Waals surface area contributed by atoms with Gasteiger partial charge in [0.1, 0.15) is 36.3 Å². The lowest BCUT2D eigenvalue weighted by Crippen LogP contribution is -2.33. The summed E-state index contributed by atoms with van der Waals surface area (Å²) in [7, 11) is 0. The molecule has 0 spiro atoms. The van der Waals surface area contributed by atoms with Crippen molar-refractivity contribution in [3.63, 3.8) is 0 Å². The molecule has 2 aromatic rings. The quantitative estimate of drug-likeness (QED) is 0.661. The maximum absolute atomic E-state index is 13.0. The SMILES string of the molecule is [O]C1=C2C=C(Cc3ccc(CO)o3)C([O-])=CN2C(CO)/C1=C/c1ccc(CO)o1. The molecular formula is C21H19NO7-. The molecule has 2 aliphatic heterocycles. The van der Waals surface area contributed by atoms with Gasteiger partial charge in [-0.3, -0.25) is 5.11 Å². The van der Waals surface area contributed by atoms with Crippen LogP contribution in [-0.2, 0) is 24.7 Å². The van der Waals surface area contributed by atoms with Crippen LogP contribution in [0, 0.1) is 0 Å². The molecule has 1 unspecified atom stereocenters. The Labute approximate surface area is 166 Å². The standard InChI is InChI=1S/C21H20NO7/c23-9-15-3-1-13(28-15)5-12-6-18-21(27)17(7-14-2-4-16(10-24)29-14)19(11-25)22(18)8-20(12)26/h1-4,6-8,19,23-26H,5,9-11H2/p-1/b17-7-. The van der Waals surface area contributed by atoms with Gasteiger partial charge in [0.05, 0.1) is 18.3 Å². The van der Waals surface area contributed by atoms with E-state index in [0.717, 1.165) is 0 Å². The second kappa shape index (κ2) is 7.67. The summed E-state index contributed by atoms with van der Waals surface area (Å²) in [6, 6.07) is 5.81. The summed E-state index contributed by atoms with van der Waals surface area (Å²) in [5.74, 6) is 1.02. The molecule has 1 atom stereocenters. The Kier molecular flexibility index (Phi) is 5.06. The monoisotopic (exact) mass is 397 g/mol. The predicted molar refractivity (Wildman–Crippen MR) is 97.5 cm³/mol. The molecule has 4 rings (SSSR count). The van der Waals surface area contributed by atoms with Crippen LogP contribution in [-0.4, -0.2) is 32.9 Å². The van der Waals surface area contributed by atoms with Crippen molar-refractivity contribution in [3.05, 3.63) is 87.9 Å². The highest BCUT2D eigenvalue weighted by Crippen LogP contribution is 2.39. The first-order valence-corrected chi connectivity index (χ1v) is 9.04.